The molecule has 2 heterocycles. The number of rotatable bonds is 3. The molecule has 1 aliphatic rings. The van der Waals surface area contributed by atoms with Gasteiger partial charge in [0.1, 0.15) is 0 Å². The number of nitrogens with zero attached hydrogens (tertiary/aromatic N) is 2. The standard InChI is InChI=1S/C11H16ClN3/c1-15(11-3-4-13-7-11)8-10-6-9(12)2-5-14-10/h2,5-6,11,13H,3-4,7-8H2,1H3. The molecule has 0 bridgehead atoms. The Labute approximate surface area is 95.4 Å². The summed E-state index contributed by atoms with van der Waals surface area (Å²) in [5.74, 6) is 0. The van der Waals surface area contributed by atoms with E-state index in [0.29, 0.717) is 6.04 Å². The fourth-order valence-corrected chi connectivity index (χ4v) is 2.12. The van der Waals surface area contributed by atoms with Crippen LogP contribution in [0.25, 0.3) is 0 Å². The summed E-state index contributed by atoms with van der Waals surface area (Å²) < 4.78 is 0. The third-order valence-corrected chi connectivity index (χ3v) is 3.08. The number of hydrogen-bond acceptors (Lipinski definition) is 3. The number of aromatic nitrogens is 1. The number of likely N-dealkylation sites (N-methyl/N-ethyl adjacent to an activating group) is 1. The molecule has 0 aromatic carbocycles. The molecule has 1 aromatic rings. The molecule has 1 N–H and O–H groups in total. The number of pyridine rings is 1. The van der Waals surface area contributed by atoms with E-state index in [2.05, 4.69) is 22.2 Å². The van der Waals surface area contributed by atoms with Crippen molar-refractivity contribution in [1.29, 1.82) is 0 Å². The molecule has 1 unspecified atom stereocenters. The Bertz CT molecular complexity index is 323. The van der Waals surface area contributed by atoms with Crippen molar-refractivity contribution in [1.82, 2.24) is 15.2 Å². The SMILES string of the molecule is CN(Cc1cc(Cl)ccn1)C1CCNC1. The number of hydrogen-bond donors (Lipinski definition) is 1. The van der Waals surface area contributed by atoms with E-state index in [-0.39, 0.29) is 0 Å². The minimum atomic E-state index is 0.630. The highest BCUT2D eigenvalue weighted by Gasteiger charge is 2.19. The van der Waals surface area contributed by atoms with Crippen molar-refractivity contribution >= 4 is 11.6 Å². The third-order valence-electron chi connectivity index (χ3n) is 2.85. The van der Waals surface area contributed by atoms with E-state index in [0.717, 1.165) is 30.4 Å². The Balaban J connectivity index is 1.95. The molecule has 0 radical (unpaired) electrons. The van der Waals surface area contributed by atoms with Crippen LogP contribution in [0.3, 0.4) is 0 Å². The molecule has 1 aromatic heterocycles. The van der Waals surface area contributed by atoms with Crippen LogP contribution < -0.4 is 5.32 Å². The lowest BCUT2D eigenvalue weighted by atomic mass is 10.2. The quantitative estimate of drug-likeness (QED) is 0.846. The largest absolute Gasteiger partial charge is 0.315 e. The van der Waals surface area contributed by atoms with Gasteiger partial charge in [-0.1, -0.05) is 11.6 Å². The summed E-state index contributed by atoms with van der Waals surface area (Å²) in [6, 6.07) is 4.37. The van der Waals surface area contributed by atoms with Crippen molar-refractivity contribution < 1.29 is 0 Å². The zero-order valence-electron chi connectivity index (χ0n) is 8.91. The van der Waals surface area contributed by atoms with Crippen molar-refractivity contribution in [3.05, 3.63) is 29.0 Å². The summed E-state index contributed by atoms with van der Waals surface area (Å²) in [5, 5.41) is 4.12. The minimum Gasteiger partial charge on any atom is -0.315 e. The molecule has 4 heteroatoms. The predicted octanol–water partition coefficient (Wildman–Crippen LogP) is 1.53. The topological polar surface area (TPSA) is 28.2 Å². The molecule has 82 valence electrons. The van der Waals surface area contributed by atoms with Gasteiger partial charge in [0.2, 0.25) is 0 Å². The van der Waals surface area contributed by atoms with Crippen molar-refractivity contribution in [3.8, 4) is 0 Å². The Hall–Kier alpha value is -0.640. The molecule has 1 atom stereocenters. The molecule has 1 saturated heterocycles. The summed E-state index contributed by atoms with van der Waals surface area (Å²) >= 11 is 5.92. The third kappa shape index (κ3) is 2.91. The van der Waals surface area contributed by atoms with Gasteiger partial charge in [0.05, 0.1) is 5.69 Å². The average molecular weight is 226 g/mol. The van der Waals surface area contributed by atoms with Gasteiger partial charge in [0.15, 0.2) is 0 Å². The first-order valence-electron chi connectivity index (χ1n) is 5.27. The van der Waals surface area contributed by atoms with E-state index in [1.54, 1.807) is 6.20 Å². The Morgan fingerprint density at radius 1 is 1.67 bits per heavy atom. The first-order chi connectivity index (χ1) is 7.25. The molecular formula is C11H16ClN3. The molecule has 0 amide bonds. The summed E-state index contributed by atoms with van der Waals surface area (Å²) in [5.41, 5.74) is 1.04. The maximum absolute atomic E-state index is 5.92. The highest BCUT2D eigenvalue weighted by molar-refractivity contribution is 6.30. The first-order valence-corrected chi connectivity index (χ1v) is 5.65. The van der Waals surface area contributed by atoms with E-state index in [1.807, 2.05) is 12.1 Å². The highest BCUT2D eigenvalue weighted by Crippen LogP contribution is 2.12. The monoisotopic (exact) mass is 225 g/mol. The molecular weight excluding hydrogens is 210 g/mol. The molecule has 2 rings (SSSR count). The summed E-state index contributed by atoms with van der Waals surface area (Å²) in [7, 11) is 2.14. The second-order valence-corrected chi connectivity index (χ2v) is 4.46. The van der Waals surface area contributed by atoms with E-state index in [4.69, 9.17) is 11.6 Å². The Kier molecular flexibility index (Phi) is 3.57. The second-order valence-electron chi connectivity index (χ2n) is 4.03. The molecule has 1 aliphatic heterocycles. The van der Waals surface area contributed by atoms with Crippen LogP contribution in [0.15, 0.2) is 18.3 Å². The lowest BCUT2D eigenvalue weighted by Crippen LogP contribution is -2.33. The van der Waals surface area contributed by atoms with Crippen molar-refractivity contribution in [2.75, 3.05) is 20.1 Å². The van der Waals surface area contributed by atoms with Gasteiger partial charge in [-0.2, -0.15) is 0 Å². The molecule has 3 nitrogen and oxygen atoms in total. The van der Waals surface area contributed by atoms with Crippen LogP contribution in [0.2, 0.25) is 5.02 Å². The van der Waals surface area contributed by atoms with Gasteiger partial charge in [-0.3, -0.25) is 9.88 Å². The summed E-state index contributed by atoms with van der Waals surface area (Å²) in [6.45, 7) is 3.07. The van der Waals surface area contributed by atoms with Gasteiger partial charge in [-0.05, 0) is 32.1 Å². The lowest BCUT2D eigenvalue weighted by molar-refractivity contribution is 0.246. The Morgan fingerprint density at radius 3 is 3.20 bits per heavy atom. The van der Waals surface area contributed by atoms with Crippen molar-refractivity contribution in [2.45, 2.75) is 19.0 Å². The number of nitrogens with one attached hydrogen (secondary N) is 1. The maximum Gasteiger partial charge on any atom is 0.0558 e. The van der Waals surface area contributed by atoms with Gasteiger partial charge in [0, 0.05) is 30.4 Å². The van der Waals surface area contributed by atoms with Gasteiger partial charge in [-0.25, -0.2) is 0 Å². The smallest absolute Gasteiger partial charge is 0.0558 e. The van der Waals surface area contributed by atoms with Crippen LogP contribution in [-0.2, 0) is 6.54 Å². The fraction of sp³-hybridized carbons (Fsp3) is 0.545. The van der Waals surface area contributed by atoms with Crippen LogP contribution in [0.1, 0.15) is 12.1 Å². The van der Waals surface area contributed by atoms with Crippen LogP contribution in [0.5, 0.6) is 0 Å². The van der Waals surface area contributed by atoms with Gasteiger partial charge < -0.3 is 5.32 Å². The van der Waals surface area contributed by atoms with Crippen LogP contribution in [0, 0.1) is 0 Å². The van der Waals surface area contributed by atoms with Crippen molar-refractivity contribution in [2.24, 2.45) is 0 Å². The Morgan fingerprint density at radius 2 is 2.53 bits per heavy atom. The summed E-state index contributed by atoms with van der Waals surface area (Å²) in [6.07, 6.45) is 2.98. The average Bonchev–Trinajstić information content (AvgIpc) is 2.70. The second kappa shape index (κ2) is 4.92. The molecule has 1 fully saturated rings. The number of halogens is 1. The van der Waals surface area contributed by atoms with Gasteiger partial charge in [0.25, 0.3) is 0 Å². The molecule has 0 saturated carbocycles. The molecule has 15 heavy (non-hydrogen) atoms. The molecule has 0 aliphatic carbocycles. The summed E-state index contributed by atoms with van der Waals surface area (Å²) in [4.78, 5) is 6.64. The predicted molar refractivity (Wildman–Crippen MR) is 62.0 cm³/mol. The van der Waals surface area contributed by atoms with Crippen LogP contribution in [-0.4, -0.2) is 36.1 Å². The van der Waals surface area contributed by atoms with Crippen LogP contribution >= 0.6 is 11.6 Å². The zero-order valence-corrected chi connectivity index (χ0v) is 9.67. The van der Waals surface area contributed by atoms with E-state index in [1.165, 1.54) is 6.42 Å². The normalized spacial score (nSPS) is 21.1. The van der Waals surface area contributed by atoms with E-state index >= 15 is 0 Å². The zero-order chi connectivity index (χ0) is 10.7. The van der Waals surface area contributed by atoms with E-state index < -0.39 is 0 Å². The van der Waals surface area contributed by atoms with Crippen LogP contribution in [0.4, 0.5) is 0 Å². The van der Waals surface area contributed by atoms with Gasteiger partial charge in [-0.15, -0.1) is 0 Å². The first kappa shape index (κ1) is 10.9. The lowest BCUT2D eigenvalue weighted by Gasteiger charge is -2.22. The highest BCUT2D eigenvalue weighted by atomic mass is 35.5. The van der Waals surface area contributed by atoms with Gasteiger partial charge >= 0.3 is 0 Å². The molecule has 0 spiro atoms. The van der Waals surface area contributed by atoms with E-state index in [9.17, 15) is 0 Å². The van der Waals surface area contributed by atoms with Crippen molar-refractivity contribution in [3.63, 3.8) is 0 Å². The maximum atomic E-state index is 5.92. The minimum absolute atomic E-state index is 0.630. The fourth-order valence-electron chi connectivity index (χ4n) is 1.94.